The van der Waals surface area contributed by atoms with Crippen LogP contribution in [0.15, 0.2) is 0 Å². The lowest BCUT2D eigenvalue weighted by molar-refractivity contribution is -0.156. The number of hydrogen-bond donors (Lipinski definition) is 1. The van der Waals surface area contributed by atoms with Crippen molar-refractivity contribution in [1.82, 2.24) is 4.72 Å². The summed E-state index contributed by atoms with van der Waals surface area (Å²) in [6, 6.07) is 0. The van der Waals surface area contributed by atoms with E-state index >= 15 is 0 Å². The van der Waals surface area contributed by atoms with Gasteiger partial charge in [-0.15, -0.1) is 0 Å². The zero-order valence-corrected chi connectivity index (χ0v) is 25.0. The summed E-state index contributed by atoms with van der Waals surface area (Å²) in [5.74, 6) is -0.596. The number of rotatable bonds is 10. The second-order valence-electron chi connectivity index (χ2n) is 13.0. The first-order valence-corrected chi connectivity index (χ1v) is 16.5. The van der Waals surface area contributed by atoms with Gasteiger partial charge in [0.05, 0.1) is 45.4 Å². The van der Waals surface area contributed by atoms with E-state index in [0.29, 0.717) is 12.8 Å². The monoisotopic (exact) mass is 505 g/mol. The minimum absolute atomic E-state index is 0.181. The fourth-order valence-electron chi connectivity index (χ4n) is 3.25. The first kappa shape index (κ1) is 30.8. The van der Waals surface area contributed by atoms with Crippen LogP contribution in [-0.4, -0.2) is 59.2 Å². The van der Waals surface area contributed by atoms with Gasteiger partial charge in [-0.25, -0.2) is 8.93 Å². The molecule has 0 aromatic heterocycles. The summed E-state index contributed by atoms with van der Waals surface area (Å²) in [5, 5.41) is 0. The lowest BCUT2D eigenvalue weighted by Crippen LogP contribution is -2.50. The Kier molecular flexibility index (Phi) is 10.1. The molecule has 3 atom stereocenters. The molecular formula is C23H48BNO6SSi. The molecule has 1 N–H and O–H groups in total. The standard InChI is InChI=1S/C23H48BNO6SSi/c1-20(2,3)28-19(26)16-17(29-33(11,12)13)14-15-18(25-32(27)21(4,5)6)24-30-22(7,8)23(9,10)31-24/h17-18,25H,14-16H2,1-13H3/t17-,18?,32+/m0/s1. The molecule has 1 fully saturated rings. The Morgan fingerprint density at radius 3 is 1.88 bits per heavy atom. The van der Waals surface area contributed by atoms with Crippen molar-refractivity contribution in [3.05, 3.63) is 0 Å². The first-order valence-electron chi connectivity index (χ1n) is 12.0. The van der Waals surface area contributed by atoms with E-state index in [9.17, 15) is 9.00 Å². The molecule has 7 nitrogen and oxygen atoms in total. The van der Waals surface area contributed by atoms with Crippen LogP contribution < -0.4 is 4.72 Å². The lowest BCUT2D eigenvalue weighted by atomic mass is 9.76. The van der Waals surface area contributed by atoms with Crippen LogP contribution in [0.25, 0.3) is 0 Å². The van der Waals surface area contributed by atoms with Crippen molar-refractivity contribution < 1.29 is 27.5 Å². The Hall–Kier alpha value is -0.258. The van der Waals surface area contributed by atoms with Gasteiger partial charge in [-0.05, 0) is 102 Å². The van der Waals surface area contributed by atoms with Gasteiger partial charge in [-0.2, -0.15) is 0 Å². The summed E-state index contributed by atoms with van der Waals surface area (Å²) < 4.78 is 40.2. The maximum atomic E-state index is 13.0. The van der Waals surface area contributed by atoms with E-state index in [1.54, 1.807) is 0 Å². The van der Waals surface area contributed by atoms with E-state index in [4.69, 9.17) is 18.5 Å². The molecule has 0 aromatic rings. The minimum Gasteiger partial charge on any atom is -0.460 e. The Morgan fingerprint density at radius 1 is 1.00 bits per heavy atom. The smallest absolute Gasteiger partial charge is 0.460 e. The van der Waals surface area contributed by atoms with Crippen molar-refractivity contribution in [2.24, 2.45) is 0 Å². The third-order valence-corrected chi connectivity index (χ3v) is 8.22. The quantitative estimate of drug-likeness (QED) is 0.340. The number of hydrogen-bond acceptors (Lipinski definition) is 6. The van der Waals surface area contributed by atoms with Gasteiger partial charge < -0.3 is 18.5 Å². The Balaban J connectivity index is 3.04. The second kappa shape index (κ2) is 10.8. The van der Waals surface area contributed by atoms with Gasteiger partial charge in [-0.1, -0.05) is 0 Å². The third-order valence-electron chi connectivity index (χ3n) is 5.55. The number of nitrogens with one attached hydrogen (secondary N) is 1. The molecule has 1 aliphatic heterocycles. The highest BCUT2D eigenvalue weighted by Crippen LogP contribution is 2.38. The summed E-state index contributed by atoms with van der Waals surface area (Å²) in [6.45, 7) is 25.7. The van der Waals surface area contributed by atoms with Crippen molar-refractivity contribution in [3.8, 4) is 0 Å². The van der Waals surface area contributed by atoms with Crippen LogP contribution in [0.2, 0.25) is 19.6 Å². The summed E-state index contributed by atoms with van der Waals surface area (Å²) in [5.41, 5.74) is -1.53. The van der Waals surface area contributed by atoms with Crippen LogP contribution in [0.1, 0.15) is 88.5 Å². The summed E-state index contributed by atoms with van der Waals surface area (Å²) in [6.07, 6.45) is 1.06. The Morgan fingerprint density at radius 2 is 1.48 bits per heavy atom. The molecule has 0 amide bonds. The van der Waals surface area contributed by atoms with Crippen LogP contribution in [0.5, 0.6) is 0 Å². The van der Waals surface area contributed by atoms with Crippen LogP contribution in [-0.2, 0) is 34.3 Å². The van der Waals surface area contributed by atoms with Gasteiger partial charge >= 0.3 is 13.1 Å². The van der Waals surface area contributed by atoms with E-state index in [1.165, 1.54) is 0 Å². The zero-order chi connectivity index (χ0) is 26.0. The topological polar surface area (TPSA) is 83.1 Å². The highest BCUT2D eigenvalue weighted by Gasteiger charge is 2.54. The molecule has 0 spiro atoms. The van der Waals surface area contributed by atoms with E-state index in [1.807, 2.05) is 69.2 Å². The fourth-order valence-corrected chi connectivity index (χ4v) is 5.31. The Labute approximate surface area is 206 Å². The van der Waals surface area contributed by atoms with Gasteiger partial charge in [0.15, 0.2) is 8.32 Å². The zero-order valence-electron chi connectivity index (χ0n) is 23.2. The maximum Gasteiger partial charge on any atom is 0.477 e. The van der Waals surface area contributed by atoms with Crippen LogP contribution in [0, 0.1) is 0 Å². The maximum absolute atomic E-state index is 13.0. The molecule has 1 aliphatic rings. The van der Waals surface area contributed by atoms with Gasteiger partial charge in [0.2, 0.25) is 0 Å². The molecule has 1 saturated heterocycles. The molecule has 1 unspecified atom stereocenters. The molecule has 1 rings (SSSR count). The third kappa shape index (κ3) is 10.5. The predicted molar refractivity (Wildman–Crippen MR) is 139 cm³/mol. The van der Waals surface area contributed by atoms with Crippen LogP contribution in [0.3, 0.4) is 0 Å². The molecule has 33 heavy (non-hydrogen) atoms. The minimum atomic E-state index is -1.91. The molecule has 1 heterocycles. The van der Waals surface area contributed by atoms with Gasteiger partial charge in [0.1, 0.15) is 5.60 Å². The van der Waals surface area contributed by atoms with E-state index in [-0.39, 0.29) is 24.4 Å². The first-order chi connectivity index (χ1) is 14.5. The number of carbonyl (C=O) groups excluding carboxylic acids is 1. The van der Waals surface area contributed by atoms with Crippen LogP contribution in [0.4, 0.5) is 0 Å². The molecule has 194 valence electrons. The fraction of sp³-hybridized carbons (Fsp3) is 0.957. The molecule has 10 heteroatoms. The van der Waals surface area contributed by atoms with Crippen molar-refractivity contribution >= 4 is 32.4 Å². The number of ether oxygens (including phenoxy) is 1. The summed E-state index contributed by atoms with van der Waals surface area (Å²) >= 11 is 0. The van der Waals surface area contributed by atoms with E-state index in [2.05, 4.69) is 24.4 Å². The summed E-state index contributed by atoms with van der Waals surface area (Å²) in [4.78, 5) is 12.5. The number of esters is 1. The van der Waals surface area contributed by atoms with Crippen molar-refractivity contribution in [2.75, 3.05) is 0 Å². The van der Waals surface area contributed by atoms with Crippen LogP contribution >= 0.6 is 0 Å². The SMILES string of the molecule is CC(C)(C)OC(=O)C[C@H](CCC(N[S@](=O)C(C)(C)C)B1OC(C)(C)C(C)(C)O1)O[Si](C)(C)C. The van der Waals surface area contributed by atoms with E-state index in [0.717, 1.165) is 0 Å². The van der Waals surface area contributed by atoms with Crippen molar-refractivity contribution in [3.63, 3.8) is 0 Å². The molecule has 0 bridgehead atoms. The van der Waals surface area contributed by atoms with E-state index < -0.39 is 48.0 Å². The molecule has 0 aliphatic carbocycles. The highest BCUT2D eigenvalue weighted by molar-refractivity contribution is 7.84. The molecule has 0 aromatic carbocycles. The summed E-state index contributed by atoms with van der Waals surface area (Å²) in [7, 11) is -3.77. The largest absolute Gasteiger partial charge is 0.477 e. The average molecular weight is 506 g/mol. The number of carbonyl (C=O) groups is 1. The molecule has 0 saturated carbocycles. The molecular weight excluding hydrogens is 457 g/mol. The lowest BCUT2D eigenvalue weighted by Gasteiger charge is -2.32. The molecule has 0 radical (unpaired) electrons. The van der Waals surface area contributed by atoms with Crippen molar-refractivity contribution in [2.45, 2.75) is 142 Å². The average Bonchev–Trinajstić information content (AvgIpc) is 2.74. The normalized spacial score (nSPS) is 21.5. The van der Waals surface area contributed by atoms with Gasteiger partial charge in [0.25, 0.3) is 0 Å². The van der Waals surface area contributed by atoms with Crippen molar-refractivity contribution in [1.29, 1.82) is 0 Å². The van der Waals surface area contributed by atoms with Gasteiger partial charge in [-0.3, -0.25) is 4.79 Å². The van der Waals surface area contributed by atoms with Gasteiger partial charge in [0, 0.05) is 0 Å². The second-order valence-corrected chi connectivity index (χ2v) is 19.4. The highest BCUT2D eigenvalue weighted by atomic mass is 32.2. The predicted octanol–water partition coefficient (Wildman–Crippen LogP) is 4.77. The Bertz CT molecular complexity index is 681.